The van der Waals surface area contributed by atoms with Crippen molar-refractivity contribution < 1.29 is 9.13 Å². The van der Waals surface area contributed by atoms with E-state index in [4.69, 9.17) is 0 Å². The summed E-state index contributed by atoms with van der Waals surface area (Å²) in [5.74, 6) is 0.575. The number of nitrogens with one attached hydrogen (secondary N) is 1. The predicted octanol–water partition coefficient (Wildman–Crippen LogP) is 2.40. The van der Waals surface area contributed by atoms with E-state index in [2.05, 4.69) is 5.32 Å². The van der Waals surface area contributed by atoms with Gasteiger partial charge in [-0.2, -0.15) is 0 Å². The first-order chi connectivity index (χ1) is 8.93. The Bertz CT molecular complexity index is 465. The highest BCUT2D eigenvalue weighted by Gasteiger charge is 2.16. The SMILES string of the molecule is CCC(NC(C)CS(C)=O)c1cccc([N+](=O)[O-])c1. The van der Waals surface area contributed by atoms with Crippen molar-refractivity contribution in [1.82, 2.24) is 5.32 Å². The Morgan fingerprint density at radius 2 is 2.16 bits per heavy atom. The van der Waals surface area contributed by atoms with Gasteiger partial charge in [0.05, 0.1) is 4.92 Å². The van der Waals surface area contributed by atoms with Crippen LogP contribution in [0, 0.1) is 10.1 Å². The highest BCUT2D eigenvalue weighted by molar-refractivity contribution is 7.84. The highest BCUT2D eigenvalue weighted by atomic mass is 32.2. The molecule has 1 aromatic rings. The van der Waals surface area contributed by atoms with Crippen LogP contribution in [0.4, 0.5) is 5.69 Å². The summed E-state index contributed by atoms with van der Waals surface area (Å²) in [6.07, 6.45) is 2.49. The molecule has 0 heterocycles. The lowest BCUT2D eigenvalue weighted by Crippen LogP contribution is -2.34. The van der Waals surface area contributed by atoms with Gasteiger partial charge in [-0.05, 0) is 18.9 Å². The summed E-state index contributed by atoms with van der Waals surface area (Å²) in [4.78, 5) is 10.4. The summed E-state index contributed by atoms with van der Waals surface area (Å²) in [5, 5.41) is 14.1. The van der Waals surface area contributed by atoms with E-state index in [9.17, 15) is 14.3 Å². The molecule has 0 aliphatic heterocycles. The van der Waals surface area contributed by atoms with Crippen molar-refractivity contribution >= 4 is 16.5 Å². The Morgan fingerprint density at radius 3 is 2.68 bits per heavy atom. The van der Waals surface area contributed by atoms with Crippen LogP contribution in [0.5, 0.6) is 0 Å². The van der Waals surface area contributed by atoms with Gasteiger partial charge in [0.1, 0.15) is 0 Å². The van der Waals surface area contributed by atoms with Crippen LogP contribution < -0.4 is 5.32 Å². The van der Waals surface area contributed by atoms with Crippen LogP contribution in [-0.2, 0) is 10.8 Å². The van der Waals surface area contributed by atoms with Crippen LogP contribution in [0.2, 0.25) is 0 Å². The number of nitro groups is 1. The first-order valence-electron chi connectivity index (χ1n) is 6.24. The molecule has 6 heteroatoms. The zero-order valence-electron chi connectivity index (χ0n) is 11.5. The number of hydrogen-bond donors (Lipinski definition) is 1. The third kappa shape index (κ3) is 5.08. The molecule has 3 unspecified atom stereocenters. The Morgan fingerprint density at radius 1 is 1.47 bits per heavy atom. The maximum Gasteiger partial charge on any atom is 0.269 e. The predicted molar refractivity (Wildman–Crippen MR) is 77.7 cm³/mol. The van der Waals surface area contributed by atoms with Crippen molar-refractivity contribution in [3.05, 3.63) is 39.9 Å². The maximum absolute atomic E-state index is 11.2. The Balaban J connectivity index is 2.82. The van der Waals surface area contributed by atoms with E-state index in [1.165, 1.54) is 6.07 Å². The second kappa shape index (κ2) is 7.35. The summed E-state index contributed by atoms with van der Waals surface area (Å²) in [6, 6.07) is 6.80. The molecule has 0 radical (unpaired) electrons. The first-order valence-corrected chi connectivity index (χ1v) is 7.97. The fraction of sp³-hybridized carbons (Fsp3) is 0.538. The van der Waals surface area contributed by atoms with E-state index in [0.717, 1.165) is 12.0 Å². The van der Waals surface area contributed by atoms with Crippen LogP contribution in [0.25, 0.3) is 0 Å². The van der Waals surface area contributed by atoms with Gasteiger partial charge in [-0.3, -0.25) is 14.3 Å². The smallest absolute Gasteiger partial charge is 0.269 e. The van der Waals surface area contributed by atoms with Gasteiger partial charge in [0.25, 0.3) is 5.69 Å². The zero-order chi connectivity index (χ0) is 14.4. The highest BCUT2D eigenvalue weighted by Crippen LogP contribution is 2.22. The third-order valence-corrected chi connectivity index (χ3v) is 3.83. The lowest BCUT2D eigenvalue weighted by Gasteiger charge is -2.22. The molecule has 19 heavy (non-hydrogen) atoms. The second-order valence-corrected chi connectivity index (χ2v) is 6.10. The van der Waals surface area contributed by atoms with Crippen molar-refractivity contribution in [3.63, 3.8) is 0 Å². The number of non-ortho nitro benzene ring substituents is 1. The monoisotopic (exact) mass is 284 g/mol. The molecule has 0 saturated carbocycles. The van der Waals surface area contributed by atoms with Gasteiger partial charge in [-0.15, -0.1) is 0 Å². The number of rotatable bonds is 7. The topological polar surface area (TPSA) is 72.2 Å². The minimum Gasteiger partial charge on any atom is -0.307 e. The van der Waals surface area contributed by atoms with Crippen LogP contribution >= 0.6 is 0 Å². The molecule has 1 N–H and O–H groups in total. The quantitative estimate of drug-likeness (QED) is 0.616. The Kier molecular flexibility index (Phi) is 6.11. The zero-order valence-corrected chi connectivity index (χ0v) is 12.3. The van der Waals surface area contributed by atoms with Crippen LogP contribution in [-0.4, -0.2) is 27.2 Å². The second-order valence-electron chi connectivity index (χ2n) is 4.62. The van der Waals surface area contributed by atoms with Gasteiger partial charge in [-0.25, -0.2) is 0 Å². The summed E-state index contributed by atoms with van der Waals surface area (Å²) in [5.41, 5.74) is 0.995. The molecule has 0 aliphatic rings. The molecular weight excluding hydrogens is 264 g/mol. The molecule has 5 nitrogen and oxygen atoms in total. The lowest BCUT2D eigenvalue weighted by molar-refractivity contribution is -0.384. The van der Waals surface area contributed by atoms with Crippen molar-refractivity contribution in [2.45, 2.75) is 32.4 Å². The molecule has 1 aromatic carbocycles. The van der Waals surface area contributed by atoms with E-state index in [1.54, 1.807) is 18.4 Å². The van der Waals surface area contributed by atoms with E-state index in [1.807, 2.05) is 19.9 Å². The van der Waals surface area contributed by atoms with Gasteiger partial charge in [-0.1, -0.05) is 19.1 Å². The molecule has 0 aliphatic carbocycles. The number of nitrogens with zero attached hydrogens (tertiary/aromatic N) is 1. The molecule has 0 amide bonds. The number of hydrogen-bond acceptors (Lipinski definition) is 4. The first kappa shape index (κ1) is 15.8. The summed E-state index contributed by atoms with van der Waals surface area (Å²) >= 11 is 0. The molecular formula is C13H20N2O3S. The summed E-state index contributed by atoms with van der Waals surface area (Å²) < 4.78 is 11.2. The molecule has 3 atom stereocenters. The molecule has 0 aromatic heterocycles. The van der Waals surface area contributed by atoms with E-state index in [-0.39, 0.29) is 22.7 Å². The number of nitro benzene ring substituents is 1. The molecule has 0 saturated heterocycles. The van der Waals surface area contributed by atoms with E-state index in [0.29, 0.717) is 5.75 Å². The average Bonchev–Trinajstić information content (AvgIpc) is 2.35. The van der Waals surface area contributed by atoms with E-state index < -0.39 is 10.8 Å². The van der Waals surface area contributed by atoms with Crippen LogP contribution in [0.1, 0.15) is 31.9 Å². The maximum atomic E-state index is 11.2. The van der Waals surface area contributed by atoms with Gasteiger partial charge < -0.3 is 5.32 Å². The Hall–Kier alpha value is -1.27. The lowest BCUT2D eigenvalue weighted by atomic mass is 10.0. The average molecular weight is 284 g/mol. The normalized spacial score (nSPS) is 15.7. The van der Waals surface area contributed by atoms with Gasteiger partial charge in [0, 0.05) is 47.0 Å². The van der Waals surface area contributed by atoms with Crippen molar-refractivity contribution in [1.29, 1.82) is 0 Å². The molecule has 0 fully saturated rings. The molecule has 0 spiro atoms. The Labute approximate surface area is 116 Å². The fourth-order valence-electron chi connectivity index (χ4n) is 2.05. The van der Waals surface area contributed by atoms with Crippen LogP contribution in [0.3, 0.4) is 0 Å². The molecule has 1 rings (SSSR count). The van der Waals surface area contributed by atoms with Crippen molar-refractivity contribution in [3.8, 4) is 0 Å². The van der Waals surface area contributed by atoms with Crippen molar-refractivity contribution in [2.75, 3.05) is 12.0 Å². The summed E-state index contributed by atoms with van der Waals surface area (Å²) in [6.45, 7) is 3.99. The number of benzene rings is 1. The minimum absolute atomic E-state index is 0.0402. The molecule has 106 valence electrons. The summed E-state index contributed by atoms with van der Waals surface area (Å²) in [7, 11) is -0.853. The fourth-order valence-corrected chi connectivity index (χ4v) is 2.85. The van der Waals surface area contributed by atoms with Gasteiger partial charge in [0.15, 0.2) is 0 Å². The van der Waals surface area contributed by atoms with Crippen molar-refractivity contribution in [2.24, 2.45) is 0 Å². The standard InChI is InChI=1S/C13H20N2O3S/c1-4-13(14-10(2)9-19(3)18)11-6-5-7-12(8-11)15(16)17/h5-8,10,13-14H,4,9H2,1-3H3. The molecule has 0 bridgehead atoms. The largest absolute Gasteiger partial charge is 0.307 e. The van der Waals surface area contributed by atoms with Gasteiger partial charge >= 0.3 is 0 Å². The van der Waals surface area contributed by atoms with E-state index >= 15 is 0 Å². The van der Waals surface area contributed by atoms with Gasteiger partial charge in [0.2, 0.25) is 0 Å². The third-order valence-electron chi connectivity index (χ3n) is 2.86. The van der Waals surface area contributed by atoms with Crippen LogP contribution in [0.15, 0.2) is 24.3 Å². The minimum atomic E-state index is -0.853.